The van der Waals surface area contributed by atoms with Crippen LogP contribution in [0.1, 0.15) is 12.8 Å². The standard InChI is InChI=1S/C10H12O2/c11-10(12)9-7-5-3-1-2-4-6-8-9/h1,3,5-9H,2,4H2,(H,11,12)/b3-1-,7-5-,8-6-. The molecule has 1 aliphatic carbocycles. The molecular weight excluding hydrogens is 152 g/mol. The van der Waals surface area contributed by atoms with Crippen molar-refractivity contribution in [2.75, 3.05) is 0 Å². The van der Waals surface area contributed by atoms with Gasteiger partial charge in [-0.1, -0.05) is 36.5 Å². The molecule has 1 unspecified atom stereocenters. The summed E-state index contributed by atoms with van der Waals surface area (Å²) < 4.78 is 0. The third-order valence-corrected chi connectivity index (χ3v) is 1.69. The lowest BCUT2D eigenvalue weighted by Crippen LogP contribution is -2.07. The third-order valence-electron chi connectivity index (χ3n) is 1.69. The maximum absolute atomic E-state index is 10.6. The van der Waals surface area contributed by atoms with Gasteiger partial charge in [0.15, 0.2) is 0 Å². The topological polar surface area (TPSA) is 37.3 Å². The molecule has 0 aromatic carbocycles. The molecule has 0 spiro atoms. The molecule has 0 fully saturated rings. The van der Waals surface area contributed by atoms with Gasteiger partial charge in [-0.3, -0.25) is 4.79 Å². The molecule has 64 valence electrons. The van der Waals surface area contributed by atoms with E-state index in [1.165, 1.54) is 0 Å². The minimum absolute atomic E-state index is 0.465. The highest BCUT2D eigenvalue weighted by Gasteiger charge is 2.08. The van der Waals surface area contributed by atoms with Crippen LogP contribution in [-0.4, -0.2) is 11.1 Å². The van der Waals surface area contributed by atoms with E-state index in [9.17, 15) is 4.79 Å². The van der Waals surface area contributed by atoms with Gasteiger partial charge in [-0.15, -0.1) is 0 Å². The van der Waals surface area contributed by atoms with Gasteiger partial charge in [-0.25, -0.2) is 0 Å². The van der Waals surface area contributed by atoms with Gasteiger partial charge in [-0.05, 0) is 12.8 Å². The van der Waals surface area contributed by atoms with Crippen molar-refractivity contribution < 1.29 is 9.90 Å². The highest BCUT2D eigenvalue weighted by Crippen LogP contribution is 2.06. The van der Waals surface area contributed by atoms with Crippen molar-refractivity contribution in [1.82, 2.24) is 0 Å². The van der Waals surface area contributed by atoms with Crippen LogP contribution in [0.4, 0.5) is 0 Å². The summed E-state index contributed by atoms with van der Waals surface area (Å²) in [6.45, 7) is 0. The fraction of sp³-hybridized carbons (Fsp3) is 0.300. The summed E-state index contributed by atoms with van der Waals surface area (Å²) in [5, 5.41) is 8.72. The molecule has 2 nitrogen and oxygen atoms in total. The first-order valence-electron chi connectivity index (χ1n) is 4.03. The summed E-state index contributed by atoms with van der Waals surface area (Å²) in [6, 6.07) is 0. The number of allylic oxidation sites excluding steroid dienone is 4. The largest absolute Gasteiger partial charge is 0.481 e. The van der Waals surface area contributed by atoms with Crippen LogP contribution in [0.3, 0.4) is 0 Å². The first-order chi connectivity index (χ1) is 5.80. The number of hydrogen-bond donors (Lipinski definition) is 1. The third kappa shape index (κ3) is 2.74. The zero-order valence-corrected chi connectivity index (χ0v) is 6.81. The molecule has 2 heteroatoms. The van der Waals surface area contributed by atoms with Gasteiger partial charge in [0.2, 0.25) is 0 Å². The van der Waals surface area contributed by atoms with Gasteiger partial charge < -0.3 is 5.11 Å². The fourth-order valence-electron chi connectivity index (χ4n) is 1.02. The Morgan fingerprint density at radius 3 is 2.67 bits per heavy atom. The molecule has 1 aliphatic rings. The van der Waals surface area contributed by atoms with Crippen LogP contribution in [0.2, 0.25) is 0 Å². The van der Waals surface area contributed by atoms with Crippen LogP contribution in [-0.2, 0) is 4.79 Å². The zero-order valence-electron chi connectivity index (χ0n) is 6.81. The van der Waals surface area contributed by atoms with Gasteiger partial charge in [0.25, 0.3) is 0 Å². The van der Waals surface area contributed by atoms with Gasteiger partial charge in [-0.2, -0.15) is 0 Å². The van der Waals surface area contributed by atoms with E-state index in [0.717, 1.165) is 12.8 Å². The van der Waals surface area contributed by atoms with Crippen LogP contribution in [0.5, 0.6) is 0 Å². The highest BCUT2D eigenvalue weighted by atomic mass is 16.4. The zero-order chi connectivity index (χ0) is 8.81. The van der Waals surface area contributed by atoms with Crippen LogP contribution < -0.4 is 0 Å². The maximum atomic E-state index is 10.6. The van der Waals surface area contributed by atoms with E-state index < -0.39 is 11.9 Å². The Morgan fingerprint density at radius 1 is 1.17 bits per heavy atom. The minimum Gasteiger partial charge on any atom is -0.481 e. The number of rotatable bonds is 1. The van der Waals surface area contributed by atoms with Gasteiger partial charge in [0.05, 0.1) is 5.92 Å². The van der Waals surface area contributed by atoms with Crippen molar-refractivity contribution in [2.45, 2.75) is 12.8 Å². The second-order valence-corrected chi connectivity index (χ2v) is 2.68. The Hall–Kier alpha value is -1.31. The Bertz CT molecular complexity index is 236. The number of carbonyl (C=O) groups is 1. The smallest absolute Gasteiger partial charge is 0.314 e. The first kappa shape index (κ1) is 8.78. The molecule has 0 heterocycles. The molecule has 0 saturated carbocycles. The summed E-state index contributed by atoms with van der Waals surface area (Å²) >= 11 is 0. The van der Waals surface area contributed by atoms with Crippen molar-refractivity contribution in [3.8, 4) is 0 Å². The SMILES string of the molecule is O=C(O)C1/C=C\C=C/CC/C=C\1. The average Bonchev–Trinajstić information content (AvgIpc) is 2.15. The van der Waals surface area contributed by atoms with Crippen LogP contribution in [0.25, 0.3) is 0 Å². The molecule has 0 aromatic heterocycles. The molecule has 0 aromatic rings. The first-order valence-corrected chi connectivity index (χ1v) is 4.03. The molecular formula is C10H12O2. The van der Waals surface area contributed by atoms with Crippen LogP contribution in [0.15, 0.2) is 36.5 Å². The Kier molecular flexibility index (Phi) is 3.33. The quantitative estimate of drug-likeness (QED) is 0.603. The van der Waals surface area contributed by atoms with E-state index in [1.54, 1.807) is 18.2 Å². The molecule has 0 aliphatic heterocycles. The van der Waals surface area contributed by atoms with Crippen molar-refractivity contribution in [1.29, 1.82) is 0 Å². The Morgan fingerprint density at radius 2 is 1.92 bits per heavy atom. The lowest BCUT2D eigenvalue weighted by molar-refractivity contribution is -0.138. The molecule has 0 radical (unpaired) electrons. The fourth-order valence-corrected chi connectivity index (χ4v) is 1.02. The summed E-state index contributed by atoms with van der Waals surface area (Å²) in [4.78, 5) is 10.6. The second kappa shape index (κ2) is 4.54. The number of hydrogen-bond acceptors (Lipinski definition) is 1. The van der Waals surface area contributed by atoms with Crippen LogP contribution >= 0.6 is 0 Å². The van der Waals surface area contributed by atoms with Crippen molar-refractivity contribution in [3.63, 3.8) is 0 Å². The number of aliphatic carboxylic acids is 1. The average molecular weight is 164 g/mol. The maximum Gasteiger partial charge on any atom is 0.314 e. The lowest BCUT2D eigenvalue weighted by Gasteiger charge is -1.98. The molecule has 12 heavy (non-hydrogen) atoms. The number of carboxylic acids is 1. The highest BCUT2D eigenvalue weighted by molar-refractivity contribution is 5.74. The Balaban J connectivity index is 2.70. The van der Waals surface area contributed by atoms with E-state index in [2.05, 4.69) is 0 Å². The van der Waals surface area contributed by atoms with Gasteiger partial charge in [0, 0.05) is 0 Å². The molecule has 0 amide bonds. The predicted molar refractivity (Wildman–Crippen MR) is 47.8 cm³/mol. The molecule has 1 atom stereocenters. The molecule has 0 bridgehead atoms. The van der Waals surface area contributed by atoms with E-state index >= 15 is 0 Å². The lowest BCUT2D eigenvalue weighted by atomic mass is 10.1. The molecule has 1 rings (SSSR count). The van der Waals surface area contributed by atoms with E-state index in [-0.39, 0.29) is 0 Å². The van der Waals surface area contributed by atoms with Crippen molar-refractivity contribution in [2.24, 2.45) is 5.92 Å². The normalized spacial score (nSPS) is 30.8. The predicted octanol–water partition coefficient (Wildman–Crippen LogP) is 2.15. The molecule has 1 N–H and O–H groups in total. The second-order valence-electron chi connectivity index (χ2n) is 2.68. The van der Waals surface area contributed by atoms with Gasteiger partial charge >= 0.3 is 5.97 Å². The van der Waals surface area contributed by atoms with E-state index in [0.29, 0.717) is 0 Å². The summed E-state index contributed by atoms with van der Waals surface area (Å²) in [5.41, 5.74) is 0. The summed E-state index contributed by atoms with van der Waals surface area (Å²) in [5.74, 6) is -1.26. The number of carboxylic acid groups (broad SMARTS) is 1. The van der Waals surface area contributed by atoms with Crippen molar-refractivity contribution in [3.05, 3.63) is 36.5 Å². The monoisotopic (exact) mass is 164 g/mol. The van der Waals surface area contributed by atoms with E-state index in [1.807, 2.05) is 18.2 Å². The van der Waals surface area contributed by atoms with Crippen LogP contribution in [0, 0.1) is 5.92 Å². The van der Waals surface area contributed by atoms with E-state index in [4.69, 9.17) is 5.11 Å². The molecule has 0 saturated heterocycles. The Labute approximate surface area is 71.9 Å². The van der Waals surface area contributed by atoms with Gasteiger partial charge in [0.1, 0.15) is 0 Å². The minimum atomic E-state index is -0.794. The van der Waals surface area contributed by atoms with Crippen molar-refractivity contribution >= 4 is 5.97 Å². The summed E-state index contributed by atoms with van der Waals surface area (Å²) in [6.07, 6.45) is 12.9. The summed E-state index contributed by atoms with van der Waals surface area (Å²) in [7, 11) is 0.